The summed E-state index contributed by atoms with van der Waals surface area (Å²) in [5.74, 6) is 0.590. The zero-order chi connectivity index (χ0) is 11.8. The van der Waals surface area contributed by atoms with Crippen LogP contribution in [0.4, 0.5) is 5.82 Å². The van der Waals surface area contributed by atoms with Crippen LogP contribution in [0.25, 0.3) is 0 Å². The molecule has 2 aliphatic rings. The first-order valence-corrected chi connectivity index (χ1v) is 6.35. The number of aromatic nitrogens is 2. The number of nitrogens with two attached hydrogens (primary N) is 1. The molecule has 2 aliphatic carbocycles. The number of hydrogen-bond acceptors (Lipinski definition) is 4. The normalized spacial score (nSPS) is 19.4. The Kier molecular flexibility index (Phi) is 2.63. The van der Waals surface area contributed by atoms with E-state index in [0.29, 0.717) is 24.4 Å². The molecule has 5 nitrogen and oxygen atoms in total. The molecular weight excluding hydrogens is 216 g/mol. The minimum absolute atomic E-state index is 0.0513. The maximum Gasteiger partial charge on any atom is 0.293 e. The maximum absolute atomic E-state index is 12.3. The predicted molar refractivity (Wildman–Crippen MR) is 66.2 cm³/mol. The summed E-state index contributed by atoms with van der Waals surface area (Å²) >= 11 is 0. The van der Waals surface area contributed by atoms with Gasteiger partial charge in [-0.2, -0.15) is 0 Å². The second-order valence-corrected chi connectivity index (χ2v) is 4.91. The number of anilines is 1. The first-order valence-electron chi connectivity index (χ1n) is 6.35. The summed E-state index contributed by atoms with van der Waals surface area (Å²) in [4.78, 5) is 18.7. The van der Waals surface area contributed by atoms with Crippen molar-refractivity contribution < 1.29 is 0 Å². The van der Waals surface area contributed by atoms with Crippen LogP contribution in [0.1, 0.15) is 31.7 Å². The lowest BCUT2D eigenvalue weighted by atomic mass is 10.4. The summed E-state index contributed by atoms with van der Waals surface area (Å²) in [6.45, 7) is 1.29. The molecule has 0 amide bonds. The summed E-state index contributed by atoms with van der Waals surface area (Å²) < 4.78 is 1.83. The SMILES string of the molecule is NCCN(c1nccn(C2CC2)c1=O)C1CC1. The standard InChI is InChI=1S/C12H18N4O/c13-5-7-15(9-1-2-9)11-12(17)16(8-6-14-11)10-3-4-10/h6,8-10H,1-5,7,13H2. The van der Waals surface area contributed by atoms with Crippen molar-refractivity contribution in [1.29, 1.82) is 0 Å². The molecule has 1 heterocycles. The Morgan fingerprint density at radius 1 is 1.41 bits per heavy atom. The lowest BCUT2D eigenvalue weighted by Gasteiger charge is -2.22. The molecule has 2 N–H and O–H groups in total. The van der Waals surface area contributed by atoms with E-state index in [1.165, 1.54) is 0 Å². The van der Waals surface area contributed by atoms with Crippen LogP contribution in [-0.4, -0.2) is 28.7 Å². The van der Waals surface area contributed by atoms with E-state index in [4.69, 9.17) is 5.73 Å². The third kappa shape index (κ3) is 2.07. The van der Waals surface area contributed by atoms with Gasteiger partial charge in [-0.15, -0.1) is 0 Å². The van der Waals surface area contributed by atoms with Crippen LogP contribution in [0.2, 0.25) is 0 Å². The Morgan fingerprint density at radius 2 is 2.18 bits per heavy atom. The van der Waals surface area contributed by atoms with Gasteiger partial charge in [0.2, 0.25) is 0 Å². The summed E-state index contributed by atoms with van der Waals surface area (Å²) in [7, 11) is 0. The van der Waals surface area contributed by atoms with Crippen molar-refractivity contribution in [2.75, 3.05) is 18.0 Å². The van der Waals surface area contributed by atoms with Crippen LogP contribution in [0.5, 0.6) is 0 Å². The van der Waals surface area contributed by atoms with Gasteiger partial charge >= 0.3 is 0 Å². The van der Waals surface area contributed by atoms with E-state index in [-0.39, 0.29) is 5.56 Å². The molecule has 2 saturated carbocycles. The summed E-state index contributed by atoms with van der Waals surface area (Å²) in [5.41, 5.74) is 5.67. The molecule has 0 radical (unpaired) electrons. The van der Waals surface area contributed by atoms with E-state index in [1.54, 1.807) is 12.4 Å². The van der Waals surface area contributed by atoms with E-state index >= 15 is 0 Å². The Hall–Kier alpha value is -1.36. The van der Waals surface area contributed by atoms with Gasteiger partial charge < -0.3 is 15.2 Å². The highest BCUT2D eigenvalue weighted by Gasteiger charge is 2.32. The van der Waals surface area contributed by atoms with E-state index in [1.807, 2.05) is 4.57 Å². The van der Waals surface area contributed by atoms with Crippen LogP contribution >= 0.6 is 0 Å². The van der Waals surface area contributed by atoms with Gasteiger partial charge in [-0.05, 0) is 25.7 Å². The molecule has 3 rings (SSSR count). The highest BCUT2D eigenvalue weighted by Crippen LogP contribution is 2.34. The Morgan fingerprint density at radius 3 is 2.76 bits per heavy atom. The van der Waals surface area contributed by atoms with Gasteiger partial charge in [-0.1, -0.05) is 0 Å². The summed E-state index contributed by atoms with van der Waals surface area (Å²) in [5, 5.41) is 0. The maximum atomic E-state index is 12.3. The Bertz CT molecular complexity index is 462. The highest BCUT2D eigenvalue weighted by molar-refractivity contribution is 5.39. The fourth-order valence-corrected chi connectivity index (χ4v) is 2.24. The van der Waals surface area contributed by atoms with Crippen molar-refractivity contribution in [3.63, 3.8) is 0 Å². The van der Waals surface area contributed by atoms with Crippen molar-refractivity contribution in [2.45, 2.75) is 37.8 Å². The first-order chi connectivity index (χ1) is 8.31. The molecule has 1 aromatic heterocycles. The number of rotatable bonds is 5. The summed E-state index contributed by atoms with van der Waals surface area (Å²) in [6.07, 6.45) is 8.07. The minimum atomic E-state index is 0.0513. The molecule has 92 valence electrons. The quantitative estimate of drug-likeness (QED) is 0.806. The molecule has 0 spiro atoms. The van der Waals surface area contributed by atoms with Crippen LogP contribution in [0.15, 0.2) is 17.2 Å². The predicted octanol–water partition coefficient (Wildman–Crippen LogP) is 0.506. The van der Waals surface area contributed by atoms with E-state index in [9.17, 15) is 4.79 Å². The van der Waals surface area contributed by atoms with Gasteiger partial charge in [0.25, 0.3) is 5.56 Å². The molecule has 0 aliphatic heterocycles. The lowest BCUT2D eigenvalue weighted by Crippen LogP contribution is -2.38. The molecule has 1 aromatic rings. The minimum Gasteiger partial charge on any atom is -0.348 e. The van der Waals surface area contributed by atoms with Crippen LogP contribution < -0.4 is 16.2 Å². The Balaban J connectivity index is 1.94. The van der Waals surface area contributed by atoms with Gasteiger partial charge in [0, 0.05) is 37.6 Å². The van der Waals surface area contributed by atoms with Crippen LogP contribution in [0, 0.1) is 0 Å². The molecule has 0 atom stereocenters. The van der Waals surface area contributed by atoms with Crippen molar-refractivity contribution in [1.82, 2.24) is 9.55 Å². The zero-order valence-corrected chi connectivity index (χ0v) is 9.88. The first kappa shape index (κ1) is 10.8. The molecule has 0 bridgehead atoms. The van der Waals surface area contributed by atoms with Gasteiger partial charge in [0.1, 0.15) is 0 Å². The Labute approximate surface area is 100 Å². The van der Waals surface area contributed by atoms with Crippen molar-refractivity contribution >= 4 is 5.82 Å². The highest BCUT2D eigenvalue weighted by atomic mass is 16.1. The van der Waals surface area contributed by atoms with E-state index in [2.05, 4.69) is 9.88 Å². The largest absolute Gasteiger partial charge is 0.348 e. The second-order valence-electron chi connectivity index (χ2n) is 4.91. The monoisotopic (exact) mass is 234 g/mol. The van der Waals surface area contributed by atoms with Crippen LogP contribution in [-0.2, 0) is 0 Å². The van der Waals surface area contributed by atoms with Crippen LogP contribution in [0.3, 0.4) is 0 Å². The van der Waals surface area contributed by atoms with Gasteiger partial charge in [0.05, 0.1) is 0 Å². The number of nitrogens with zero attached hydrogens (tertiary/aromatic N) is 3. The van der Waals surface area contributed by atoms with Crippen molar-refractivity contribution in [3.05, 3.63) is 22.7 Å². The third-order valence-electron chi connectivity index (χ3n) is 3.42. The molecule has 5 heteroatoms. The number of hydrogen-bond donors (Lipinski definition) is 1. The molecule has 0 unspecified atom stereocenters. The molecule has 2 fully saturated rings. The van der Waals surface area contributed by atoms with Gasteiger partial charge in [-0.25, -0.2) is 4.98 Å². The van der Waals surface area contributed by atoms with Gasteiger partial charge in [-0.3, -0.25) is 4.79 Å². The molecule has 0 aromatic carbocycles. The average molecular weight is 234 g/mol. The third-order valence-corrected chi connectivity index (χ3v) is 3.42. The molecule has 0 saturated heterocycles. The van der Waals surface area contributed by atoms with Crippen molar-refractivity contribution in [3.8, 4) is 0 Å². The van der Waals surface area contributed by atoms with Gasteiger partial charge in [0.15, 0.2) is 5.82 Å². The van der Waals surface area contributed by atoms with E-state index in [0.717, 1.165) is 32.2 Å². The summed E-state index contributed by atoms with van der Waals surface area (Å²) in [6, 6.07) is 0.886. The molecular formula is C12H18N4O. The molecule has 17 heavy (non-hydrogen) atoms. The second kappa shape index (κ2) is 4.14. The zero-order valence-electron chi connectivity index (χ0n) is 9.88. The van der Waals surface area contributed by atoms with Crippen molar-refractivity contribution in [2.24, 2.45) is 5.73 Å². The smallest absolute Gasteiger partial charge is 0.293 e. The van der Waals surface area contributed by atoms with E-state index < -0.39 is 0 Å². The fourth-order valence-electron chi connectivity index (χ4n) is 2.24. The topological polar surface area (TPSA) is 64.2 Å². The fraction of sp³-hybridized carbons (Fsp3) is 0.667. The lowest BCUT2D eigenvalue weighted by molar-refractivity contribution is 0.678. The average Bonchev–Trinajstić information content (AvgIpc) is 3.17.